The van der Waals surface area contributed by atoms with E-state index in [1.54, 1.807) is 23.6 Å². The molecule has 1 nitrogen and oxygen atoms in total. The van der Waals surface area contributed by atoms with Crippen LogP contribution in [0.3, 0.4) is 0 Å². The Morgan fingerprint density at radius 3 is 2.44 bits per heavy atom. The molecule has 0 unspecified atom stereocenters. The maximum absolute atomic E-state index is 9.02. The number of hydrogen-bond acceptors (Lipinski definition) is 2. The van der Waals surface area contributed by atoms with Crippen LogP contribution >= 0.6 is 11.3 Å². The standard InChI is InChI=1S/C31H27NSSi/c1-34(2,3)25-13-14-30-28(20-25)26-9-6-10-27(31(26)33-30)29-19-22(15-16-32-29)17-21-11-12-23-7-4-5-8-24(23)18-21/h4-16,18-20H,17H2,1-3H3/i17D2. The van der Waals surface area contributed by atoms with E-state index in [0.29, 0.717) is 11.1 Å². The van der Waals surface area contributed by atoms with E-state index in [-0.39, 0.29) is 0 Å². The predicted molar refractivity (Wildman–Crippen MR) is 152 cm³/mol. The molecule has 4 aromatic carbocycles. The molecule has 0 radical (unpaired) electrons. The summed E-state index contributed by atoms with van der Waals surface area (Å²) >= 11 is 1.80. The summed E-state index contributed by atoms with van der Waals surface area (Å²) in [5.74, 6) is 0. The van der Waals surface area contributed by atoms with Gasteiger partial charge in [-0.2, -0.15) is 0 Å². The average molecular weight is 476 g/mol. The van der Waals surface area contributed by atoms with Crippen molar-refractivity contribution in [2.24, 2.45) is 0 Å². The van der Waals surface area contributed by atoms with Crippen molar-refractivity contribution in [1.29, 1.82) is 0 Å². The molecule has 0 spiro atoms. The lowest BCUT2D eigenvalue weighted by Crippen LogP contribution is -2.37. The molecule has 3 heteroatoms. The smallest absolute Gasteiger partial charge is 0.0776 e. The molecule has 0 saturated carbocycles. The molecule has 2 heterocycles. The Labute approximate surface area is 208 Å². The van der Waals surface area contributed by atoms with Crippen LogP contribution in [0.1, 0.15) is 13.9 Å². The Bertz CT molecular complexity index is 1760. The molecule has 34 heavy (non-hydrogen) atoms. The highest BCUT2D eigenvalue weighted by molar-refractivity contribution is 7.26. The molecule has 6 aromatic rings. The van der Waals surface area contributed by atoms with Crippen molar-refractivity contribution in [3.63, 3.8) is 0 Å². The number of benzene rings is 4. The van der Waals surface area contributed by atoms with Crippen LogP contribution in [0.15, 0.2) is 97.2 Å². The molecule has 0 bridgehead atoms. The van der Waals surface area contributed by atoms with Gasteiger partial charge in [-0.3, -0.25) is 4.98 Å². The first-order valence-electron chi connectivity index (χ1n) is 12.6. The molecule has 6 rings (SSSR count). The Balaban J connectivity index is 1.47. The predicted octanol–water partition coefficient (Wildman–Crippen LogP) is 8.41. The largest absolute Gasteiger partial charge is 0.256 e. The van der Waals surface area contributed by atoms with Gasteiger partial charge in [-0.1, -0.05) is 97.6 Å². The highest BCUT2D eigenvalue weighted by atomic mass is 32.1. The van der Waals surface area contributed by atoms with E-state index < -0.39 is 14.4 Å². The molecule has 0 aliphatic rings. The molecule has 0 amide bonds. The Morgan fingerprint density at radius 1 is 0.765 bits per heavy atom. The summed E-state index contributed by atoms with van der Waals surface area (Å²) < 4.78 is 20.5. The van der Waals surface area contributed by atoms with Gasteiger partial charge in [-0.15, -0.1) is 11.3 Å². The summed E-state index contributed by atoms with van der Waals surface area (Å²) in [6.45, 7) is 7.15. The third kappa shape index (κ3) is 3.85. The van der Waals surface area contributed by atoms with Crippen LogP contribution in [-0.2, 0) is 6.37 Å². The fourth-order valence-electron chi connectivity index (χ4n) is 4.56. The first kappa shape index (κ1) is 19.1. The molecular weight excluding hydrogens is 447 g/mol. The Hall–Kier alpha value is -3.27. The minimum absolute atomic E-state index is 0.613. The van der Waals surface area contributed by atoms with Crippen LogP contribution in [-0.4, -0.2) is 13.1 Å². The molecule has 0 aliphatic heterocycles. The first-order chi connectivity index (χ1) is 17.2. The zero-order valence-corrected chi connectivity index (χ0v) is 21.4. The monoisotopic (exact) mass is 475 g/mol. The van der Waals surface area contributed by atoms with Crippen LogP contribution in [0.4, 0.5) is 0 Å². The van der Waals surface area contributed by atoms with Crippen molar-refractivity contribution in [2.75, 3.05) is 0 Å². The molecule has 0 N–H and O–H groups in total. The number of rotatable bonds is 4. The van der Waals surface area contributed by atoms with Crippen LogP contribution in [0.25, 0.3) is 42.2 Å². The fourth-order valence-corrected chi connectivity index (χ4v) is 6.92. The van der Waals surface area contributed by atoms with E-state index in [1.807, 2.05) is 42.5 Å². The Morgan fingerprint density at radius 2 is 1.59 bits per heavy atom. The van der Waals surface area contributed by atoms with E-state index >= 15 is 0 Å². The summed E-state index contributed by atoms with van der Waals surface area (Å²) in [6.07, 6.45) is 0.0982. The van der Waals surface area contributed by atoms with Crippen LogP contribution in [0.5, 0.6) is 0 Å². The maximum Gasteiger partial charge on any atom is 0.0776 e. The van der Waals surface area contributed by atoms with Gasteiger partial charge in [0.1, 0.15) is 0 Å². The molecule has 0 fully saturated rings. The SMILES string of the molecule is [2H]C([2H])(c1ccnc(-c2cccc3c2sc2ccc([Si](C)(C)C)cc23)c1)c1ccc2ccccc2c1. The average Bonchev–Trinajstić information content (AvgIpc) is 3.26. The minimum Gasteiger partial charge on any atom is -0.256 e. The van der Waals surface area contributed by atoms with E-state index in [2.05, 4.69) is 62.1 Å². The van der Waals surface area contributed by atoms with E-state index in [1.165, 1.54) is 25.4 Å². The van der Waals surface area contributed by atoms with Gasteiger partial charge >= 0.3 is 0 Å². The highest BCUT2D eigenvalue weighted by Gasteiger charge is 2.18. The van der Waals surface area contributed by atoms with Crippen molar-refractivity contribution >= 4 is 55.5 Å². The van der Waals surface area contributed by atoms with Crippen LogP contribution in [0.2, 0.25) is 19.6 Å². The van der Waals surface area contributed by atoms with Gasteiger partial charge in [-0.25, -0.2) is 0 Å². The lowest BCUT2D eigenvalue weighted by Gasteiger charge is -2.16. The quantitative estimate of drug-likeness (QED) is 0.233. The number of hydrogen-bond donors (Lipinski definition) is 0. The summed E-state index contributed by atoms with van der Waals surface area (Å²) in [5.41, 5.74) is 3.12. The Kier molecular flexibility index (Phi) is 4.60. The lowest BCUT2D eigenvalue weighted by atomic mass is 10.00. The van der Waals surface area contributed by atoms with Gasteiger partial charge in [0.25, 0.3) is 0 Å². The van der Waals surface area contributed by atoms with Crippen LogP contribution in [0, 0.1) is 0 Å². The summed E-state index contributed by atoms with van der Waals surface area (Å²) in [7, 11) is -1.42. The maximum atomic E-state index is 9.02. The van der Waals surface area contributed by atoms with E-state index in [0.717, 1.165) is 22.0 Å². The second-order valence-electron chi connectivity index (χ2n) is 9.86. The van der Waals surface area contributed by atoms with E-state index in [4.69, 9.17) is 7.73 Å². The third-order valence-electron chi connectivity index (χ3n) is 6.44. The zero-order valence-electron chi connectivity index (χ0n) is 21.6. The van der Waals surface area contributed by atoms with Gasteiger partial charge in [0.05, 0.1) is 13.8 Å². The van der Waals surface area contributed by atoms with Crippen LogP contribution < -0.4 is 5.19 Å². The number of nitrogens with zero attached hydrogens (tertiary/aromatic N) is 1. The lowest BCUT2D eigenvalue weighted by molar-refractivity contribution is 1.17. The molecular formula is C31H27NSSi. The molecule has 166 valence electrons. The normalized spacial score (nSPS) is 13.4. The number of fused-ring (bicyclic) bond motifs is 4. The van der Waals surface area contributed by atoms with Crippen molar-refractivity contribution in [2.45, 2.75) is 26.0 Å². The van der Waals surface area contributed by atoms with Crippen molar-refractivity contribution < 1.29 is 2.74 Å². The second kappa shape index (κ2) is 8.19. The number of aromatic nitrogens is 1. The molecule has 2 aromatic heterocycles. The minimum atomic E-state index is -1.64. The highest BCUT2D eigenvalue weighted by Crippen LogP contribution is 2.39. The number of thiophene rings is 1. The van der Waals surface area contributed by atoms with Gasteiger partial charge in [0.15, 0.2) is 0 Å². The third-order valence-corrected chi connectivity index (χ3v) is 9.70. The van der Waals surface area contributed by atoms with Gasteiger partial charge in [-0.05, 0) is 46.5 Å². The van der Waals surface area contributed by atoms with Crippen molar-refractivity contribution in [3.05, 3.63) is 108 Å². The van der Waals surface area contributed by atoms with Crippen molar-refractivity contribution in [3.8, 4) is 11.3 Å². The fraction of sp³-hybridized carbons (Fsp3) is 0.129. The first-order valence-corrected chi connectivity index (χ1v) is 16.0. The van der Waals surface area contributed by atoms with E-state index in [9.17, 15) is 0 Å². The molecule has 0 atom stereocenters. The van der Waals surface area contributed by atoms with Gasteiger partial charge in [0.2, 0.25) is 0 Å². The summed E-state index contributed by atoms with van der Waals surface area (Å²) in [6, 6.07) is 31.0. The summed E-state index contributed by atoms with van der Waals surface area (Å²) in [5, 5.41) is 6.17. The number of pyridine rings is 1. The second-order valence-corrected chi connectivity index (χ2v) is 16.0. The zero-order chi connectivity index (χ0) is 25.1. The molecule has 0 aliphatic carbocycles. The van der Waals surface area contributed by atoms with Gasteiger partial charge < -0.3 is 0 Å². The summed E-state index contributed by atoms with van der Waals surface area (Å²) in [4.78, 5) is 4.69. The topological polar surface area (TPSA) is 12.9 Å². The van der Waals surface area contributed by atoms with Crippen molar-refractivity contribution in [1.82, 2.24) is 4.98 Å². The molecule has 0 saturated heterocycles. The van der Waals surface area contributed by atoms with Gasteiger partial charge in [0, 0.05) is 34.7 Å².